The molecule has 0 spiro atoms. The predicted molar refractivity (Wildman–Crippen MR) is 92.6 cm³/mol. The van der Waals surface area contributed by atoms with E-state index in [0.29, 0.717) is 23.0 Å². The molecule has 0 aliphatic rings. The van der Waals surface area contributed by atoms with Gasteiger partial charge in [-0.15, -0.1) is 0 Å². The van der Waals surface area contributed by atoms with Gasteiger partial charge in [-0.25, -0.2) is 5.84 Å². The summed E-state index contributed by atoms with van der Waals surface area (Å²) in [6, 6.07) is 6.18. The first-order valence-corrected chi connectivity index (χ1v) is 7.41. The second-order valence-corrected chi connectivity index (χ2v) is 4.92. The number of benzene rings is 1. The van der Waals surface area contributed by atoms with Crippen molar-refractivity contribution in [3.8, 4) is 17.2 Å². The molecule has 0 radical (unpaired) electrons. The van der Waals surface area contributed by atoms with Crippen LogP contribution in [-0.2, 0) is 4.79 Å². The number of hydrogen-bond donors (Lipinski definition) is 3. The van der Waals surface area contributed by atoms with Crippen LogP contribution >= 0.6 is 0 Å². The average molecular weight is 361 g/mol. The Morgan fingerprint density at radius 3 is 2.23 bits per heavy atom. The van der Waals surface area contributed by atoms with E-state index in [1.165, 1.54) is 45.8 Å². The van der Waals surface area contributed by atoms with Crippen molar-refractivity contribution in [2.45, 2.75) is 0 Å². The van der Waals surface area contributed by atoms with Crippen molar-refractivity contribution < 1.29 is 28.2 Å². The van der Waals surface area contributed by atoms with Gasteiger partial charge in [-0.05, 0) is 24.3 Å². The van der Waals surface area contributed by atoms with Crippen LogP contribution in [0.2, 0.25) is 0 Å². The Morgan fingerprint density at radius 1 is 1.12 bits per heavy atom. The first kappa shape index (κ1) is 18.9. The third-order valence-corrected chi connectivity index (χ3v) is 3.38. The quantitative estimate of drug-likeness (QED) is 0.291. The molecule has 0 atom stereocenters. The number of hydrazine groups is 1. The highest BCUT2D eigenvalue weighted by atomic mass is 16.5. The highest BCUT2D eigenvalue weighted by Gasteiger charge is 2.19. The molecule has 0 saturated heterocycles. The second-order valence-electron chi connectivity index (χ2n) is 4.92. The van der Waals surface area contributed by atoms with E-state index in [1.54, 1.807) is 12.1 Å². The Morgan fingerprint density at radius 2 is 1.77 bits per heavy atom. The summed E-state index contributed by atoms with van der Waals surface area (Å²) in [6.45, 7) is 0. The molecule has 0 aliphatic carbocycles. The summed E-state index contributed by atoms with van der Waals surface area (Å²) in [4.78, 5) is 24.5. The van der Waals surface area contributed by atoms with Crippen molar-refractivity contribution in [2.75, 3.05) is 21.3 Å². The van der Waals surface area contributed by atoms with E-state index in [0.717, 1.165) is 0 Å². The molecule has 0 unspecified atom stereocenters. The summed E-state index contributed by atoms with van der Waals surface area (Å²) in [7, 11) is 4.32. The van der Waals surface area contributed by atoms with Gasteiger partial charge in [-0.2, -0.15) is 0 Å². The van der Waals surface area contributed by atoms with Crippen molar-refractivity contribution in [2.24, 2.45) is 5.84 Å². The third kappa shape index (κ3) is 4.14. The van der Waals surface area contributed by atoms with Gasteiger partial charge in [0.1, 0.15) is 11.5 Å². The van der Waals surface area contributed by atoms with Crippen molar-refractivity contribution in [1.82, 2.24) is 10.7 Å². The zero-order chi connectivity index (χ0) is 19.1. The molecule has 26 heavy (non-hydrogen) atoms. The van der Waals surface area contributed by atoms with E-state index in [1.807, 2.05) is 5.43 Å². The minimum atomic E-state index is -0.692. The van der Waals surface area contributed by atoms with Gasteiger partial charge in [-0.1, -0.05) is 0 Å². The molecule has 1 aromatic carbocycles. The molecule has 0 fully saturated rings. The fourth-order valence-corrected chi connectivity index (χ4v) is 2.16. The molecule has 4 N–H and O–H groups in total. The molecule has 1 aromatic heterocycles. The Hall–Kier alpha value is -3.46. The average Bonchev–Trinajstić information content (AvgIpc) is 3.18. The lowest BCUT2D eigenvalue weighted by atomic mass is 10.1. The van der Waals surface area contributed by atoms with Gasteiger partial charge in [0.2, 0.25) is 5.75 Å². The largest absolute Gasteiger partial charge is 0.493 e. The van der Waals surface area contributed by atoms with Gasteiger partial charge >= 0.3 is 0 Å². The summed E-state index contributed by atoms with van der Waals surface area (Å²) in [5.41, 5.74) is 2.06. The molecule has 2 aromatic rings. The van der Waals surface area contributed by atoms with E-state index in [9.17, 15) is 9.59 Å². The topological polar surface area (TPSA) is 125 Å². The molecule has 0 aliphatic heterocycles. The van der Waals surface area contributed by atoms with E-state index in [4.69, 9.17) is 24.5 Å². The summed E-state index contributed by atoms with van der Waals surface area (Å²) < 4.78 is 20.8. The van der Waals surface area contributed by atoms with E-state index in [-0.39, 0.29) is 11.3 Å². The molecule has 0 saturated carbocycles. The number of hydrogen-bond acceptors (Lipinski definition) is 7. The fourth-order valence-electron chi connectivity index (χ4n) is 2.16. The number of ether oxygens (including phenoxy) is 3. The van der Waals surface area contributed by atoms with Crippen LogP contribution in [0.25, 0.3) is 6.08 Å². The van der Waals surface area contributed by atoms with Gasteiger partial charge in [0.15, 0.2) is 11.5 Å². The normalized spacial score (nSPS) is 10.8. The third-order valence-electron chi connectivity index (χ3n) is 3.38. The van der Waals surface area contributed by atoms with Crippen LogP contribution in [0.1, 0.15) is 16.1 Å². The van der Waals surface area contributed by atoms with Gasteiger partial charge in [0.05, 0.1) is 27.6 Å². The molecule has 0 bridgehead atoms. The fraction of sp³-hybridized carbons (Fsp3) is 0.176. The Bertz CT molecular complexity index is 789. The van der Waals surface area contributed by atoms with Crippen molar-refractivity contribution in [3.63, 3.8) is 0 Å². The van der Waals surface area contributed by atoms with Crippen LogP contribution in [0.3, 0.4) is 0 Å². The van der Waals surface area contributed by atoms with Crippen LogP contribution in [0.4, 0.5) is 0 Å². The van der Waals surface area contributed by atoms with E-state index in [2.05, 4.69) is 5.32 Å². The van der Waals surface area contributed by atoms with Crippen LogP contribution < -0.4 is 30.8 Å². The number of furan rings is 1. The van der Waals surface area contributed by atoms with E-state index < -0.39 is 11.8 Å². The van der Waals surface area contributed by atoms with E-state index >= 15 is 0 Å². The zero-order valence-corrected chi connectivity index (χ0v) is 14.5. The maximum atomic E-state index is 12.6. The van der Waals surface area contributed by atoms with Crippen molar-refractivity contribution in [1.29, 1.82) is 0 Å². The zero-order valence-electron chi connectivity index (χ0n) is 14.5. The molecule has 9 nitrogen and oxygen atoms in total. The van der Waals surface area contributed by atoms with Crippen molar-refractivity contribution in [3.05, 3.63) is 47.5 Å². The van der Waals surface area contributed by atoms with Crippen LogP contribution in [0.15, 0.2) is 40.6 Å². The van der Waals surface area contributed by atoms with Crippen LogP contribution in [-0.4, -0.2) is 33.1 Å². The molecular formula is C17H19N3O6. The monoisotopic (exact) mass is 361 g/mol. The minimum absolute atomic E-state index is 0.0961. The van der Waals surface area contributed by atoms with Gasteiger partial charge in [-0.3, -0.25) is 15.0 Å². The van der Waals surface area contributed by atoms with Crippen molar-refractivity contribution >= 4 is 17.9 Å². The Kier molecular flexibility index (Phi) is 6.23. The van der Waals surface area contributed by atoms with Crippen LogP contribution in [0, 0.1) is 0 Å². The molecule has 1 heterocycles. The number of nitrogens with two attached hydrogens (primary N) is 1. The Balaban J connectivity index is 2.36. The summed E-state index contributed by atoms with van der Waals surface area (Å²) >= 11 is 0. The smallest absolute Gasteiger partial charge is 0.281 e. The number of carbonyl (C=O) groups is 2. The number of amides is 2. The molecule has 2 rings (SSSR count). The van der Waals surface area contributed by atoms with Gasteiger partial charge in [0.25, 0.3) is 11.8 Å². The highest BCUT2D eigenvalue weighted by Crippen LogP contribution is 2.38. The first-order valence-electron chi connectivity index (χ1n) is 7.41. The summed E-state index contributed by atoms with van der Waals surface area (Å²) in [5, 5.41) is 2.48. The molecular weight excluding hydrogens is 342 g/mol. The SMILES string of the molecule is COc1cc(C(=O)N/C(=C/c2ccco2)C(=O)NN)cc(OC)c1OC. The number of carbonyl (C=O) groups excluding carboxylic acids is 2. The molecule has 138 valence electrons. The number of nitrogens with one attached hydrogen (secondary N) is 2. The maximum absolute atomic E-state index is 12.6. The lowest BCUT2D eigenvalue weighted by molar-refractivity contribution is -0.117. The van der Waals surface area contributed by atoms with Gasteiger partial charge < -0.3 is 23.9 Å². The summed E-state index contributed by atoms with van der Waals surface area (Å²) in [5.74, 6) is 5.22. The Labute approximate surface area is 149 Å². The minimum Gasteiger partial charge on any atom is -0.493 e. The second kappa shape index (κ2) is 8.58. The number of methoxy groups -OCH3 is 3. The maximum Gasteiger partial charge on any atom is 0.281 e. The predicted octanol–water partition coefficient (Wildman–Crippen LogP) is 1.07. The molecule has 2 amide bonds. The van der Waals surface area contributed by atoms with Gasteiger partial charge in [0, 0.05) is 11.6 Å². The highest BCUT2D eigenvalue weighted by molar-refractivity contribution is 6.05. The standard InChI is InChI=1S/C17H19N3O6/c1-23-13-7-10(8-14(24-2)15(13)25-3)16(21)19-12(17(22)20-18)9-11-5-4-6-26-11/h4-9H,18H2,1-3H3,(H,19,21)(H,20,22)/b12-9+. The lowest BCUT2D eigenvalue weighted by Gasteiger charge is -2.14. The summed E-state index contributed by atoms with van der Waals surface area (Å²) in [6.07, 6.45) is 2.78. The first-order chi connectivity index (χ1) is 12.5. The van der Waals surface area contributed by atoms with Crippen LogP contribution in [0.5, 0.6) is 17.2 Å². The number of rotatable bonds is 7. The lowest BCUT2D eigenvalue weighted by Crippen LogP contribution is -2.38. The molecule has 9 heteroatoms.